The number of hydrogen-bond acceptors (Lipinski definition) is 4. The normalized spacial score (nSPS) is 21.0. The molecule has 30 heavy (non-hydrogen) atoms. The van der Waals surface area contributed by atoms with E-state index in [0.29, 0.717) is 0 Å². The third kappa shape index (κ3) is 4.06. The third-order valence-corrected chi connectivity index (χ3v) is 5.27. The monoisotopic (exact) mass is 401 g/mol. The molecule has 5 heteroatoms. The van der Waals surface area contributed by atoms with Crippen LogP contribution in [0.3, 0.4) is 0 Å². The summed E-state index contributed by atoms with van der Waals surface area (Å²) in [5.74, 6) is -0.451. The fourth-order valence-corrected chi connectivity index (χ4v) is 3.73. The van der Waals surface area contributed by atoms with E-state index in [1.807, 2.05) is 91.0 Å². The Kier molecular flexibility index (Phi) is 5.80. The lowest BCUT2D eigenvalue weighted by Crippen LogP contribution is -2.53. The second-order valence-electron chi connectivity index (χ2n) is 7.25. The molecule has 1 fully saturated rings. The van der Waals surface area contributed by atoms with Crippen molar-refractivity contribution in [3.63, 3.8) is 0 Å². The molecule has 3 aromatic rings. The molecule has 1 amide bonds. The van der Waals surface area contributed by atoms with Crippen molar-refractivity contribution in [3.8, 4) is 0 Å². The summed E-state index contributed by atoms with van der Waals surface area (Å²) in [6, 6.07) is 27.3. The van der Waals surface area contributed by atoms with Gasteiger partial charge in [-0.3, -0.25) is 4.90 Å². The van der Waals surface area contributed by atoms with Gasteiger partial charge in [-0.1, -0.05) is 91.0 Å². The van der Waals surface area contributed by atoms with Gasteiger partial charge in [0.15, 0.2) is 6.10 Å². The zero-order chi connectivity index (χ0) is 20.9. The maximum absolute atomic E-state index is 13.2. The molecule has 1 aliphatic heterocycles. The fourth-order valence-electron chi connectivity index (χ4n) is 3.73. The number of amides is 1. The van der Waals surface area contributed by atoms with Gasteiger partial charge in [0.05, 0.1) is 0 Å². The Hall–Kier alpha value is -3.60. The Morgan fingerprint density at radius 1 is 0.867 bits per heavy atom. The molecular weight excluding hydrogens is 378 g/mol. The van der Waals surface area contributed by atoms with Gasteiger partial charge in [-0.05, 0) is 23.6 Å². The van der Waals surface area contributed by atoms with Crippen LogP contribution in [0.5, 0.6) is 0 Å². The van der Waals surface area contributed by atoms with Gasteiger partial charge in [-0.15, -0.1) is 0 Å². The number of ether oxygens (including phenoxy) is 2. The Morgan fingerprint density at radius 2 is 1.40 bits per heavy atom. The number of esters is 1. The summed E-state index contributed by atoms with van der Waals surface area (Å²) < 4.78 is 11.4. The second kappa shape index (κ2) is 8.82. The smallest absolute Gasteiger partial charge is 0.411 e. The Bertz CT molecular complexity index is 991. The van der Waals surface area contributed by atoms with E-state index >= 15 is 0 Å². The minimum atomic E-state index is -0.765. The summed E-state index contributed by atoms with van der Waals surface area (Å²) in [5, 5.41) is 0. The minimum Gasteiger partial charge on any atom is -0.453 e. The van der Waals surface area contributed by atoms with E-state index in [-0.39, 0.29) is 6.61 Å². The first kappa shape index (κ1) is 19.7. The average molecular weight is 401 g/mol. The maximum atomic E-state index is 13.2. The molecule has 0 radical (unpaired) electrons. The summed E-state index contributed by atoms with van der Waals surface area (Å²) >= 11 is 0. The van der Waals surface area contributed by atoms with E-state index in [1.165, 1.54) is 4.90 Å². The zero-order valence-electron chi connectivity index (χ0n) is 16.7. The molecule has 4 rings (SSSR count). The lowest BCUT2D eigenvalue weighted by atomic mass is 9.91. The van der Waals surface area contributed by atoms with Gasteiger partial charge in [-0.2, -0.15) is 0 Å². The van der Waals surface area contributed by atoms with Crippen LogP contribution in [0.2, 0.25) is 0 Å². The number of benzene rings is 3. The van der Waals surface area contributed by atoms with Crippen LogP contribution < -0.4 is 0 Å². The highest BCUT2D eigenvalue weighted by atomic mass is 16.6. The number of rotatable bonds is 4. The van der Waals surface area contributed by atoms with Crippen LogP contribution >= 0.6 is 0 Å². The van der Waals surface area contributed by atoms with Gasteiger partial charge in [0.25, 0.3) is 0 Å². The van der Waals surface area contributed by atoms with Crippen LogP contribution in [0.4, 0.5) is 4.79 Å². The number of carbonyl (C=O) groups excluding carboxylic acids is 2. The van der Waals surface area contributed by atoms with Gasteiger partial charge in [0.1, 0.15) is 18.7 Å². The molecule has 152 valence electrons. The van der Waals surface area contributed by atoms with Gasteiger partial charge in [0.2, 0.25) is 0 Å². The molecule has 3 atom stereocenters. The van der Waals surface area contributed by atoms with E-state index in [9.17, 15) is 9.59 Å². The number of hydrogen-bond donors (Lipinski definition) is 0. The molecule has 0 spiro atoms. The second-order valence-corrected chi connectivity index (χ2v) is 7.25. The summed E-state index contributed by atoms with van der Waals surface area (Å²) in [6.45, 7) is 1.80. The van der Waals surface area contributed by atoms with Crippen LogP contribution in [-0.2, 0) is 20.9 Å². The fraction of sp³-hybridized carbons (Fsp3) is 0.200. The molecule has 3 aromatic carbocycles. The van der Waals surface area contributed by atoms with Crippen molar-refractivity contribution < 1.29 is 19.1 Å². The van der Waals surface area contributed by atoms with E-state index < -0.39 is 30.3 Å². The number of morpholine rings is 1. The zero-order valence-corrected chi connectivity index (χ0v) is 16.7. The van der Waals surface area contributed by atoms with E-state index in [4.69, 9.17) is 9.47 Å². The molecule has 0 N–H and O–H groups in total. The predicted molar refractivity (Wildman–Crippen MR) is 112 cm³/mol. The number of carbonyl (C=O) groups is 2. The van der Waals surface area contributed by atoms with Gasteiger partial charge in [-0.25, -0.2) is 9.59 Å². The van der Waals surface area contributed by atoms with Gasteiger partial charge < -0.3 is 9.47 Å². The van der Waals surface area contributed by atoms with Crippen molar-refractivity contribution in [2.24, 2.45) is 0 Å². The molecule has 1 saturated heterocycles. The number of nitrogens with zero attached hydrogens (tertiary/aromatic N) is 1. The third-order valence-electron chi connectivity index (χ3n) is 5.27. The molecule has 0 bridgehead atoms. The quantitative estimate of drug-likeness (QED) is 0.574. The first-order valence-electron chi connectivity index (χ1n) is 9.94. The first-order valence-corrected chi connectivity index (χ1v) is 9.94. The number of cyclic esters (lactones) is 1. The molecule has 0 aromatic heterocycles. The van der Waals surface area contributed by atoms with Crippen molar-refractivity contribution in [3.05, 3.63) is 108 Å². The van der Waals surface area contributed by atoms with Crippen molar-refractivity contribution in [2.75, 3.05) is 0 Å². The van der Waals surface area contributed by atoms with Crippen LogP contribution in [0, 0.1) is 0 Å². The van der Waals surface area contributed by atoms with Crippen molar-refractivity contribution in [2.45, 2.75) is 31.7 Å². The lowest BCUT2D eigenvalue weighted by molar-refractivity contribution is -0.172. The SMILES string of the molecule is CC1C(=O)O[C@H](c2ccccc2)[C@H](c2ccccc2)N1C(=O)OCc1ccccc1. The molecule has 5 nitrogen and oxygen atoms in total. The van der Waals surface area contributed by atoms with E-state index in [0.717, 1.165) is 16.7 Å². The molecule has 1 heterocycles. The predicted octanol–water partition coefficient (Wildman–Crippen LogP) is 5.05. The Morgan fingerprint density at radius 3 is 2.00 bits per heavy atom. The summed E-state index contributed by atoms with van der Waals surface area (Å²) in [5.41, 5.74) is 2.59. The molecule has 0 aliphatic carbocycles. The Balaban J connectivity index is 1.69. The summed E-state index contributed by atoms with van der Waals surface area (Å²) in [4.78, 5) is 27.4. The largest absolute Gasteiger partial charge is 0.453 e. The summed E-state index contributed by atoms with van der Waals surface area (Å²) in [6.07, 6.45) is -1.17. The van der Waals surface area contributed by atoms with Gasteiger partial charge >= 0.3 is 12.1 Å². The summed E-state index contributed by atoms with van der Waals surface area (Å²) in [7, 11) is 0. The highest BCUT2D eigenvalue weighted by molar-refractivity contribution is 5.83. The lowest BCUT2D eigenvalue weighted by Gasteiger charge is -2.43. The van der Waals surface area contributed by atoms with E-state index in [2.05, 4.69) is 0 Å². The van der Waals surface area contributed by atoms with Crippen LogP contribution in [0.15, 0.2) is 91.0 Å². The van der Waals surface area contributed by atoms with Gasteiger partial charge in [0, 0.05) is 0 Å². The molecular formula is C25H23NO4. The highest BCUT2D eigenvalue weighted by Gasteiger charge is 2.46. The van der Waals surface area contributed by atoms with Crippen molar-refractivity contribution >= 4 is 12.1 Å². The standard InChI is InChI=1S/C25H23NO4/c1-18-24(27)30-23(21-15-9-4-10-16-21)22(20-13-7-3-8-14-20)26(18)25(28)29-17-19-11-5-2-6-12-19/h2-16,18,22-23H,17H2,1H3/t18?,22-,23+/m0/s1. The van der Waals surface area contributed by atoms with Crippen LogP contribution in [0.25, 0.3) is 0 Å². The molecule has 1 unspecified atom stereocenters. The van der Waals surface area contributed by atoms with Crippen LogP contribution in [-0.4, -0.2) is 23.0 Å². The van der Waals surface area contributed by atoms with E-state index in [1.54, 1.807) is 6.92 Å². The topological polar surface area (TPSA) is 55.8 Å². The first-order chi connectivity index (χ1) is 14.6. The average Bonchev–Trinajstić information content (AvgIpc) is 2.80. The molecule has 0 saturated carbocycles. The molecule has 1 aliphatic rings. The van der Waals surface area contributed by atoms with Crippen molar-refractivity contribution in [1.82, 2.24) is 4.90 Å². The van der Waals surface area contributed by atoms with Crippen LogP contribution in [0.1, 0.15) is 35.8 Å². The Labute approximate surface area is 175 Å². The highest BCUT2D eigenvalue weighted by Crippen LogP contribution is 2.42. The minimum absolute atomic E-state index is 0.134. The van der Waals surface area contributed by atoms with Crippen molar-refractivity contribution in [1.29, 1.82) is 0 Å². The maximum Gasteiger partial charge on any atom is 0.411 e.